The molecular weight excluding hydrogens is 412 g/mol. The second-order valence-electron chi connectivity index (χ2n) is 4.42. The van der Waals surface area contributed by atoms with Gasteiger partial charge in [-0.2, -0.15) is 0 Å². The lowest BCUT2D eigenvalue weighted by Crippen LogP contribution is -2.28. The van der Waals surface area contributed by atoms with Gasteiger partial charge in [0.1, 0.15) is 4.90 Å². The molecule has 0 aliphatic rings. The normalized spacial score (nSPS) is 12.1. The van der Waals surface area contributed by atoms with Crippen molar-refractivity contribution in [3.05, 3.63) is 21.1 Å². The van der Waals surface area contributed by atoms with Gasteiger partial charge in [-0.15, -0.1) is 0 Å². The summed E-state index contributed by atoms with van der Waals surface area (Å²) >= 11 is 6.49. The summed E-state index contributed by atoms with van der Waals surface area (Å²) in [5, 5.41) is 8.71. The van der Waals surface area contributed by atoms with Crippen LogP contribution >= 0.6 is 31.9 Å². The summed E-state index contributed by atoms with van der Waals surface area (Å²) in [5.41, 5.74) is 6.15. The standard InChI is InChI=1S/C12H18Br2N2O3S/c1-16(5-3-2-4-6-17)20(18,19)12-10(13)7-9(15)8-11(12)14/h7-8,17H,2-6,15H2,1H3. The van der Waals surface area contributed by atoms with E-state index in [4.69, 9.17) is 10.8 Å². The Hall–Kier alpha value is -0.150. The zero-order valence-corrected chi connectivity index (χ0v) is 15.1. The molecule has 0 saturated heterocycles. The van der Waals surface area contributed by atoms with Crippen molar-refractivity contribution in [2.24, 2.45) is 0 Å². The van der Waals surface area contributed by atoms with E-state index in [0.717, 1.165) is 6.42 Å². The Balaban J connectivity index is 2.93. The van der Waals surface area contributed by atoms with Crippen molar-refractivity contribution in [2.75, 3.05) is 25.9 Å². The first kappa shape index (κ1) is 17.9. The zero-order chi connectivity index (χ0) is 15.3. The molecule has 1 rings (SSSR count). The largest absolute Gasteiger partial charge is 0.399 e. The number of aliphatic hydroxyl groups is 1. The Labute approximate surface area is 136 Å². The highest BCUT2D eigenvalue weighted by molar-refractivity contribution is 9.11. The minimum absolute atomic E-state index is 0.130. The van der Waals surface area contributed by atoms with Crippen molar-refractivity contribution in [3.63, 3.8) is 0 Å². The van der Waals surface area contributed by atoms with Gasteiger partial charge in [0.2, 0.25) is 10.0 Å². The molecule has 0 fully saturated rings. The van der Waals surface area contributed by atoms with Gasteiger partial charge in [0.05, 0.1) is 0 Å². The van der Waals surface area contributed by atoms with E-state index in [9.17, 15) is 8.42 Å². The molecule has 0 bridgehead atoms. The molecule has 0 heterocycles. The van der Waals surface area contributed by atoms with Crippen LogP contribution in [0.5, 0.6) is 0 Å². The van der Waals surface area contributed by atoms with Crippen molar-refractivity contribution in [3.8, 4) is 0 Å². The number of hydrogen-bond acceptors (Lipinski definition) is 4. The molecule has 0 unspecified atom stereocenters. The quantitative estimate of drug-likeness (QED) is 0.515. The number of unbranched alkanes of at least 4 members (excludes halogenated alkanes) is 2. The molecule has 0 aromatic heterocycles. The van der Waals surface area contributed by atoms with Crippen LogP contribution in [0.1, 0.15) is 19.3 Å². The van der Waals surface area contributed by atoms with Crippen molar-refractivity contribution in [1.29, 1.82) is 0 Å². The maximum Gasteiger partial charge on any atom is 0.245 e. The topological polar surface area (TPSA) is 83.6 Å². The van der Waals surface area contributed by atoms with Crippen LogP contribution in [-0.4, -0.2) is 38.0 Å². The van der Waals surface area contributed by atoms with Gasteiger partial charge in [-0.3, -0.25) is 0 Å². The first-order valence-electron chi connectivity index (χ1n) is 6.12. The van der Waals surface area contributed by atoms with Crippen molar-refractivity contribution in [2.45, 2.75) is 24.2 Å². The number of aliphatic hydroxyl groups excluding tert-OH is 1. The molecular formula is C12H18Br2N2O3S. The maximum absolute atomic E-state index is 12.5. The molecule has 0 radical (unpaired) electrons. The average molecular weight is 430 g/mol. The van der Waals surface area contributed by atoms with Crippen molar-refractivity contribution < 1.29 is 13.5 Å². The third-order valence-electron chi connectivity index (χ3n) is 2.82. The number of nitrogens with two attached hydrogens (primary N) is 1. The average Bonchev–Trinajstić information content (AvgIpc) is 2.32. The van der Waals surface area contributed by atoms with E-state index >= 15 is 0 Å². The van der Waals surface area contributed by atoms with Crippen LogP contribution in [0.4, 0.5) is 5.69 Å². The fraction of sp³-hybridized carbons (Fsp3) is 0.500. The Kier molecular flexibility index (Phi) is 6.93. The molecule has 8 heteroatoms. The number of anilines is 1. The van der Waals surface area contributed by atoms with Gasteiger partial charge in [0.25, 0.3) is 0 Å². The van der Waals surface area contributed by atoms with E-state index in [1.165, 1.54) is 4.31 Å². The predicted molar refractivity (Wildman–Crippen MR) is 87.0 cm³/mol. The van der Waals surface area contributed by atoms with E-state index in [2.05, 4.69) is 31.9 Å². The van der Waals surface area contributed by atoms with Crippen LogP contribution < -0.4 is 5.73 Å². The van der Waals surface area contributed by atoms with Crippen LogP contribution in [0.15, 0.2) is 26.0 Å². The molecule has 3 N–H and O–H groups in total. The van der Waals surface area contributed by atoms with Crippen LogP contribution in [0.2, 0.25) is 0 Å². The first-order chi connectivity index (χ1) is 9.30. The van der Waals surface area contributed by atoms with Crippen molar-refractivity contribution in [1.82, 2.24) is 4.31 Å². The summed E-state index contributed by atoms with van der Waals surface area (Å²) in [6.45, 7) is 0.539. The highest BCUT2D eigenvalue weighted by atomic mass is 79.9. The second-order valence-corrected chi connectivity index (χ2v) is 8.11. The summed E-state index contributed by atoms with van der Waals surface area (Å²) in [7, 11) is -2.04. The van der Waals surface area contributed by atoms with Crippen LogP contribution in [0.25, 0.3) is 0 Å². The van der Waals surface area contributed by atoms with E-state index in [-0.39, 0.29) is 11.5 Å². The Bertz CT molecular complexity index is 541. The summed E-state index contributed by atoms with van der Waals surface area (Å²) in [5.74, 6) is 0. The monoisotopic (exact) mass is 428 g/mol. The number of hydrogen-bond donors (Lipinski definition) is 2. The molecule has 1 aromatic rings. The third kappa shape index (κ3) is 4.42. The van der Waals surface area contributed by atoms with E-state index in [0.29, 0.717) is 34.0 Å². The number of nitrogens with zero attached hydrogens (tertiary/aromatic N) is 1. The summed E-state index contributed by atoms with van der Waals surface area (Å²) in [6, 6.07) is 3.13. The molecule has 0 spiro atoms. The minimum Gasteiger partial charge on any atom is -0.399 e. The van der Waals surface area contributed by atoms with E-state index in [1.807, 2.05) is 0 Å². The summed E-state index contributed by atoms with van der Waals surface area (Å²) in [6.07, 6.45) is 2.18. The van der Waals surface area contributed by atoms with Crippen LogP contribution in [-0.2, 0) is 10.0 Å². The number of nitrogen functional groups attached to an aromatic ring is 1. The second kappa shape index (κ2) is 7.74. The van der Waals surface area contributed by atoms with Gasteiger partial charge in [0.15, 0.2) is 0 Å². The molecule has 0 aliphatic heterocycles. The van der Waals surface area contributed by atoms with Crippen molar-refractivity contribution >= 4 is 47.6 Å². The summed E-state index contributed by atoms with van der Waals surface area (Å²) in [4.78, 5) is 0.177. The lowest BCUT2D eigenvalue weighted by atomic mass is 10.2. The SMILES string of the molecule is CN(CCCCCO)S(=O)(=O)c1c(Br)cc(N)cc1Br. The lowest BCUT2D eigenvalue weighted by Gasteiger charge is -2.19. The van der Waals surface area contributed by atoms with Crippen LogP contribution in [0, 0.1) is 0 Å². The predicted octanol–water partition coefficient (Wildman–Crippen LogP) is 2.58. The molecule has 0 saturated carbocycles. The van der Waals surface area contributed by atoms with E-state index < -0.39 is 10.0 Å². The van der Waals surface area contributed by atoms with Crippen LogP contribution in [0.3, 0.4) is 0 Å². The molecule has 5 nitrogen and oxygen atoms in total. The molecule has 0 amide bonds. The van der Waals surface area contributed by atoms with E-state index in [1.54, 1.807) is 19.2 Å². The Morgan fingerprint density at radius 2 is 1.75 bits per heavy atom. The smallest absolute Gasteiger partial charge is 0.245 e. The highest BCUT2D eigenvalue weighted by Gasteiger charge is 2.26. The molecule has 114 valence electrons. The third-order valence-corrected chi connectivity index (χ3v) is 6.55. The highest BCUT2D eigenvalue weighted by Crippen LogP contribution is 2.34. The first-order valence-corrected chi connectivity index (χ1v) is 9.15. The Morgan fingerprint density at radius 3 is 2.25 bits per heavy atom. The molecule has 1 aromatic carbocycles. The Morgan fingerprint density at radius 1 is 1.20 bits per heavy atom. The van der Waals surface area contributed by atoms with Gasteiger partial charge >= 0.3 is 0 Å². The molecule has 0 atom stereocenters. The molecule has 0 aliphatic carbocycles. The number of halogens is 2. The van der Waals surface area contributed by atoms with Gasteiger partial charge in [-0.05, 0) is 63.3 Å². The maximum atomic E-state index is 12.5. The summed E-state index contributed by atoms with van der Waals surface area (Å²) < 4.78 is 27.2. The lowest BCUT2D eigenvalue weighted by molar-refractivity contribution is 0.281. The van der Waals surface area contributed by atoms with Gasteiger partial charge in [-0.1, -0.05) is 0 Å². The van der Waals surface area contributed by atoms with Gasteiger partial charge in [-0.25, -0.2) is 12.7 Å². The fourth-order valence-electron chi connectivity index (χ4n) is 1.72. The minimum atomic E-state index is -3.58. The number of sulfonamides is 1. The fourth-order valence-corrected chi connectivity index (χ4v) is 5.47. The molecule has 20 heavy (non-hydrogen) atoms. The van der Waals surface area contributed by atoms with Gasteiger partial charge < -0.3 is 10.8 Å². The zero-order valence-electron chi connectivity index (χ0n) is 11.1. The number of benzene rings is 1. The van der Waals surface area contributed by atoms with Gasteiger partial charge in [0, 0.05) is 34.8 Å². The number of rotatable bonds is 7.